The Labute approximate surface area is 126 Å². The first-order valence-corrected chi connectivity index (χ1v) is 7.68. The molecule has 1 aliphatic heterocycles. The third-order valence-corrected chi connectivity index (χ3v) is 3.79. The van der Waals surface area contributed by atoms with E-state index in [1.165, 1.54) is 6.20 Å². The van der Waals surface area contributed by atoms with Crippen LogP contribution < -0.4 is 10.2 Å². The summed E-state index contributed by atoms with van der Waals surface area (Å²) in [7, 11) is 0. The molecular formula is C15H26FN5. The zero-order chi connectivity index (χ0) is 15.5. The molecule has 0 saturated carbocycles. The molecule has 1 aromatic heterocycles. The number of anilines is 2. The van der Waals surface area contributed by atoms with Crippen LogP contribution in [0, 0.1) is 5.82 Å². The smallest absolute Gasteiger partial charge is 0.224 e. The first-order chi connectivity index (χ1) is 9.91. The highest BCUT2D eigenvalue weighted by Crippen LogP contribution is 2.22. The van der Waals surface area contributed by atoms with E-state index in [2.05, 4.69) is 47.9 Å². The van der Waals surface area contributed by atoms with Gasteiger partial charge in [-0.3, -0.25) is 4.90 Å². The van der Waals surface area contributed by atoms with Crippen molar-refractivity contribution in [2.75, 3.05) is 42.9 Å². The molecule has 0 aliphatic carbocycles. The SMILES string of the molecule is CCCNc1ncc(F)c(N2CCN(C(C)(C)C)CC2)n1. The summed E-state index contributed by atoms with van der Waals surface area (Å²) in [5.41, 5.74) is 0.157. The molecule has 1 aliphatic rings. The fraction of sp³-hybridized carbons (Fsp3) is 0.733. The van der Waals surface area contributed by atoms with Gasteiger partial charge in [0, 0.05) is 38.3 Å². The van der Waals surface area contributed by atoms with E-state index in [4.69, 9.17) is 0 Å². The van der Waals surface area contributed by atoms with Crippen LogP contribution in [0.4, 0.5) is 16.2 Å². The maximum Gasteiger partial charge on any atom is 0.224 e. The summed E-state index contributed by atoms with van der Waals surface area (Å²) in [5, 5.41) is 3.11. The quantitative estimate of drug-likeness (QED) is 0.924. The van der Waals surface area contributed by atoms with E-state index in [-0.39, 0.29) is 11.4 Å². The molecule has 1 aromatic rings. The highest BCUT2D eigenvalue weighted by molar-refractivity contribution is 5.44. The molecule has 0 radical (unpaired) electrons. The lowest BCUT2D eigenvalue weighted by atomic mass is 10.1. The van der Waals surface area contributed by atoms with Gasteiger partial charge in [0.05, 0.1) is 6.20 Å². The Bertz CT molecular complexity index is 464. The number of hydrogen-bond donors (Lipinski definition) is 1. The molecule has 0 amide bonds. The Hall–Kier alpha value is -1.43. The topological polar surface area (TPSA) is 44.3 Å². The van der Waals surface area contributed by atoms with Gasteiger partial charge in [-0.05, 0) is 27.2 Å². The number of rotatable bonds is 4. The van der Waals surface area contributed by atoms with Gasteiger partial charge in [-0.2, -0.15) is 4.98 Å². The number of halogens is 1. The third-order valence-electron chi connectivity index (χ3n) is 3.79. The zero-order valence-electron chi connectivity index (χ0n) is 13.5. The third kappa shape index (κ3) is 4.03. The van der Waals surface area contributed by atoms with Crippen molar-refractivity contribution in [2.45, 2.75) is 39.7 Å². The summed E-state index contributed by atoms with van der Waals surface area (Å²) >= 11 is 0. The fourth-order valence-corrected chi connectivity index (χ4v) is 2.49. The zero-order valence-corrected chi connectivity index (χ0v) is 13.5. The lowest BCUT2D eigenvalue weighted by Gasteiger charge is -2.42. The van der Waals surface area contributed by atoms with Crippen LogP contribution in [-0.4, -0.2) is 53.1 Å². The Morgan fingerprint density at radius 3 is 2.48 bits per heavy atom. The summed E-state index contributed by atoms with van der Waals surface area (Å²) in [6.45, 7) is 12.9. The molecule has 0 atom stereocenters. The predicted octanol–water partition coefficient (Wildman–Crippen LogP) is 2.36. The molecule has 1 fully saturated rings. The molecule has 118 valence electrons. The van der Waals surface area contributed by atoms with Gasteiger partial charge >= 0.3 is 0 Å². The van der Waals surface area contributed by atoms with Crippen molar-refractivity contribution in [3.05, 3.63) is 12.0 Å². The minimum Gasteiger partial charge on any atom is -0.354 e. The number of nitrogens with one attached hydrogen (secondary N) is 1. The van der Waals surface area contributed by atoms with Crippen molar-refractivity contribution in [3.63, 3.8) is 0 Å². The maximum atomic E-state index is 14.0. The molecule has 0 spiro atoms. The number of nitrogens with zero attached hydrogens (tertiary/aromatic N) is 4. The van der Waals surface area contributed by atoms with E-state index in [0.29, 0.717) is 11.8 Å². The number of piperazine rings is 1. The number of aromatic nitrogens is 2. The van der Waals surface area contributed by atoms with E-state index in [1.807, 2.05) is 4.90 Å². The van der Waals surface area contributed by atoms with Crippen molar-refractivity contribution in [3.8, 4) is 0 Å². The predicted molar refractivity (Wildman–Crippen MR) is 84.3 cm³/mol. The van der Waals surface area contributed by atoms with Crippen LogP contribution in [0.5, 0.6) is 0 Å². The summed E-state index contributed by atoms with van der Waals surface area (Å²) in [6.07, 6.45) is 2.25. The lowest BCUT2D eigenvalue weighted by molar-refractivity contribution is 0.128. The Kier molecular flexibility index (Phi) is 4.98. The summed E-state index contributed by atoms with van der Waals surface area (Å²) in [5.74, 6) is 0.574. The van der Waals surface area contributed by atoms with Gasteiger partial charge in [-0.1, -0.05) is 6.92 Å². The second-order valence-electron chi connectivity index (χ2n) is 6.44. The molecule has 1 saturated heterocycles. The van der Waals surface area contributed by atoms with Crippen LogP contribution in [0.3, 0.4) is 0 Å². The molecular weight excluding hydrogens is 269 g/mol. The fourth-order valence-electron chi connectivity index (χ4n) is 2.49. The van der Waals surface area contributed by atoms with Crippen LogP contribution in [0.2, 0.25) is 0 Å². The second kappa shape index (κ2) is 6.56. The molecule has 6 heteroatoms. The van der Waals surface area contributed by atoms with E-state index >= 15 is 0 Å². The van der Waals surface area contributed by atoms with Gasteiger partial charge in [0.25, 0.3) is 0 Å². The van der Waals surface area contributed by atoms with Crippen LogP contribution in [0.25, 0.3) is 0 Å². The Balaban J connectivity index is 2.05. The van der Waals surface area contributed by atoms with Gasteiger partial charge in [0.2, 0.25) is 5.95 Å². The molecule has 0 bridgehead atoms. The standard InChI is InChI=1S/C15H26FN5/c1-5-6-17-14-18-11-12(16)13(19-14)20-7-9-21(10-8-20)15(2,3)4/h11H,5-10H2,1-4H3,(H,17,18,19). The second-order valence-corrected chi connectivity index (χ2v) is 6.44. The highest BCUT2D eigenvalue weighted by atomic mass is 19.1. The summed E-state index contributed by atoms with van der Waals surface area (Å²) in [4.78, 5) is 12.7. The van der Waals surface area contributed by atoms with Crippen LogP contribution >= 0.6 is 0 Å². The highest BCUT2D eigenvalue weighted by Gasteiger charge is 2.27. The minimum absolute atomic E-state index is 0.157. The first kappa shape index (κ1) is 15.9. The van der Waals surface area contributed by atoms with Gasteiger partial charge in [0.15, 0.2) is 11.6 Å². The van der Waals surface area contributed by atoms with E-state index in [9.17, 15) is 4.39 Å². The van der Waals surface area contributed by atoms with Gasteiger partial charge < -0.3 is 10.2 Å². The van der Waals surface area contributed by atoms with Crippen molar-refractivity contribution in [1.29, 1.82) is 0 Å². The maximum absolute atomic E-state index is 14.0. The Morgan fingerprint density at radius 2 is 1.90 bits per heavy atom. The number of hydrogen-bond acceptors (Lipinski definition) is 5. The lowest BCUT2D eigenvalue weighted by Crippen LogP contribution is -2.53. The molecule has 0 unspecified atom stereocenters. The monoisotopic (exact) mass is 295 g/mol. The van der Waals surface area contributed by atoms with E-state index in [0.717, 1.165) is 39.1 Å². The molecule has 2 heterocycles. The summed E-state index contributed by atoms with van der Waals surface area (Å²) in [6, 6.07) is 0. The van der Waals surface area contributed by atoms with Crippen molar-refractivity contribution >= 4 is 11.8 Å². The first-order valence-electron chi connectivity index (χ1n) is 7.68. The van der Waals surface area contributed by atoms with Gasteiger partial charge in [-0.25, -0.2) is 9.37 Å². The normalized spacial score (nSPS) is 17.1. The average Bonchev–Trinajstić information content (AvgIpc) is 2.46. The average molecular weight is 295 g/mol. The minimum atomic E-state index is -0.346. The molecule has 1 N–H and O–H groups in total. The van der Waals surface area contributed by atoms with Crippen molar-refractivity contribution < 1.29 is 4.39 Å². The van der Waals surface area contributed by atoms with Crippen molar-refractivity contribution in [1.82, 2.24) is 14.9 Å². The van der Waals surface area contributed by atoms with Gasteiger partial charge in [-0.15, -0.1) is 0 Å². The van der Waals surface area contributed by atoms with E-state index < -0.39 is 0 Å². The summed E-state index contributed by atoms with van der Waals surface area (Å²) < 4.78 is 14.0. The Morgan fingerprint density at radius 1 is 1.24 bits per heavy atom. The van der Waals surface area contributed by atoms with E-state index in [1.54, 1.807) is 0 Å². The molecule has 21 heavy (non-hydrogen) atoms. The van der Waals surface area contributed by atoms with Gasteiger partial charge in [0.1, 0.15) is 0 Å². The largest absolute Gasteiger partial charge is 0.354 e. The molecule has 2 rings (SSSR count). The van der Waals surface area contributed by atoms with Crippen molar-refractivity contribution in [2.24, 2.45) is 0 Å². The van der Waals surface area contributed by atoms with Crippen LogP contribution in [0.15, 0.2) is 6.20 Å². The van der Waals surface area contributed by atoms with Crippen LogP contribution in [0.1, 0.15) is 34.1 Å². The van der Waals surface area contributed by atoms with Crippen LogP contribution in [-0.2, 0) is 0 Å². The molecule has 5 nitrogen and oxygen atoms in total. The molecule has 0 aromatic carbocycles.